The Morgan fingerprint density at radius 1 is 1.19 bits per heavy atom. The maximum Gasteiger partial charge on any atom is 0.116 e. The number of aromatic hydroxyl groups is 1. The van der Waals surface area contributed by atoms with Gasteiger partial charge in [0.2, 0.25) is 0 Å². The van der Waals surface area contributed by atoms with Crippen molar-refractivity contribution in [1.82, 2.24) is 0 Å². The quantitative estimate of drug-likeness (QED) is 0.786. The molecule has 0 radical (unpaired) electrons. The van der Waals surface area contributed by atoms with Crippen molar-refractivity contribution in [3.63, 3.8) is 0 Å². The van der Waals surface area contributed by atoms with E-state index in [9.17, 15) is 5.11 Å². The minimum atomic E-state index is 0.332. The second-order valence-corrected chi connectivity index (χ2v) is 4.49. The molecule has 0 saturated heterocycles. The van der Waals surface area contributed by atoms with Crippen molar-refractivity contribution in [2.75, 3.05) is 0 Å². The van der Waals surface area contributed by atoms with Crippen molar-refractivity contribution >= 4 is 12.2 Å². The van der Waals surface area contributed by atoms with Gasteiger partial charge in [0.1, 0.15) is 5.75 Å². The van der Waals surface area contributed by atoms with Crippen LogP contribution in [0.25, 0.3) is 12.2 Å². The summed E-state index contributed by atoms with van der Waals surface area (Å²) in [6.45, 7) is 4.49. The highest BCUT2D eigenvalue weighted by atomic mass is 16.3. The van der Waals surface area contributed by atoms with Crippen LogP contribution in [0, 0.1) is 11.8 Å². The molecule has 1 aromatic rings. The van der Waals surface area contributed by atoms with E-state index in [2.05, 4.69) is 38.2 Å². The predicted molar refractivity (Wildman–Crippen MR) is 69.1 cm³/mol. The van der Waals surface area contributed by atoms with E-state index in [0.29, 0.717) is 17.6 Å². The zero-order valence-electron chi connectivity index (χ0n) is 9.85. The first-order chi connectivity index (χ1) is 7.70. The smallest absolute Gasteiger partial charge is 0.116 e. The predicted octanol–water partition coefficient (Wildman–Crippen LogP) is 4.09. The summed E-state index contributed by atoms with van der Waals surface area (Å²) in [7, 11) is 0. The molecule has 0 heterocycles. The van der Waals surface area contributed by atoms with E-state index in [1.54, 1.807) is 6.07 Å². The molecule has 0 spiro atoms. The minimum absolute atomic E-state index is 0.332. The maximum atomic E-state index is 9.44. The molecule has 2 rings (SSSR count). The first-order valence-corrected chi connectivity index (χ1v) is 5.90. The Kier molecular flexibility index (Phi) is 3.14. The number of phenols is 1. The molecule has 84 valence electrons. The summed E-state index contributed by atoms with van der Waals surface area (Å²) in [5.74, 6) is 1.49. The van der Waals surface area contributed by atoms with Gasteiger partial charge in [0, 0.05) is 0 Å². The number of allylic oxidation sites excluding steroid dienone is 2. The van der Waals surface area contributed by atoms with Gasteiger partial charge >= 0.3 is 0 Å². The number of benzene rings is 1. The van der Waals surface area contributed by atoms with Crippen LogP contribution in [0.1, 0.15) is 31.4 Å². The standard InChI is InChI=1S/C15H18O/c1-3-11(2)12-4-6-13-8-9-15(16)10-14(13)7-5-12/h4-12,16H,3H2,1-2H3. The lowest BCUT2D eigenvalue weighted by Gasteiger charge is -2.14. The third-order valence-corrected chi connectivity index (χ3v) is 3.37. The molecule has 0 bridgehead atoms. The van der Waals surface area contributed by atoms with Gasteiger partial charge in [-0.1, -0.05) is 50.6 Å². The maximum absolute atomic E-state index is 9.44. The van der Waals surface area contributed by atoms with E-state index >= 15 is 0 Å². The zero-order valence-corrected chi connectivity index (χ0v) is 9.85. The molecule has 1 nitrogen and oxygen atoms in total. The summed E-state index contributed by atoms with van der Waals surface area (Å²) in [5.41, 5.74) is 2.28. The molecular weight excluding hydrogens is 196 g/mol. The van der Waals surface area contributed by atoms with Crippen LogP contribution in [0.2, 0.25) is 0 Å². The van der Waals surface area contributed by atoms with E-state index in [0.717, 1.165) is 5.56 Å². The van der Waals surface area contributed by atoms with Gasteiger partial charge in [-0.05, 0) is 35.1 Å². The van der Waals surface area contributed by atoms with Crippen LogP contribution < -0.4 is 0 Å². The van der Waals surface area contributed by atoms with Gasteiger partial charge in [0.25, 0.3) is 0 Å². The van der Waals surface area contributed by atoms with Gasteiger partial charge in [-0.25, -0.2) is 0 Å². The molecule has 16 heavy (non-hydrogen) atoms. The van der Waals surface area contributed by atoms with Crippen LogP contribution >= 0.6 is 0 Å². The van der Waals surface area contributed by atoms with Gasteiger partial charge < -0.3 is 5.11 Å². The van der Waals surface area contributed by atoms with Crippen LogP contribution in [-0.2, 0) is 0 Å². The Hall–Kier alpha value is -1.50. The van der Waals surface area contributed by atoms with E-state index in [1.807, 2.05) is 12.1 Å². The minimum Gasteiger partial charge on any atom is -0.508 e. The van der Waals surface area contributed by atoms with E-state index in [-0.39, 0.29) is 0 Å². The number of fused-ring (bicyclic) bond motifs is 1. The van der Waals surface area contributed by atoms with Crippen molar-refractivity contribution in [3.05, 3.63) is 41.5 Å². The van der Waals surface area contributed by atoms with Crippen molar-refractivity contribution < 1.29 is 5.11 Å². The summed E-state index contributed by atoms with van der Waals surface area (Å²) in [5, 5.41) is 9.44. The normalized spacial score (nSPS) is 20.2. The average molecular weight is 214 g/mol. The van der Waals surface area contributed by atoms with Gasteiger partial charge in [0.05, 0.1) is 0 Å². The lowest BCUT2D eigenvalue weighted by Crippen LogP contribution is -2.04. The van der Waals surface area contributed by atoms with Gasteiger partial charge in [0.15, 0.2) is 0 Å². The van der Waals surface area contributed by atoms with Gasteiger partial charge in [-0.15, -0.1) is 0 Å². The van der Waals surface area contributed by atoms with Crippen molar-refractivity contribution in [2.45, 2.75) is 20.3 Å². The second-order valence-electron chi connectivity index (χ2n) is 4.49. The van der Waals surface area contributed by atoms with Crippen molar-refractivity contribution in [2.24, 2.45) is 11.8 Å². The molecule has 1 aromatic carbocycles. The average Bonchev–Trinajstić information content (AvgIpc) is 2.50. The van der Waals surface area contributed by atoms with E-state index in [1.165, 1.54) is 12.0 Å². The SMILES string of the molecule is CCC(C)C1C=Cc2ccc(O)cc2C=C1. The van der Waals surface area contributed by atoms with Crippen molar-refractivity contribution in [1.29, 1.82) is 0 Å². The van der Waals surface area contributed by atoms with Gasteiger partial charge in [-0.2, -0.15) is 0 Å². The van der Waals surface area contributed by atoms with Crippen LogP contribution in [0.15, 0.2) is 30.4 Å². The van der Waals surface area contributed by atoms with Gasteiger partial charge in [-0.3, -0.25) is 0 Å². The fraction of sp³-hybridized carbons (Fsp3) is 0.333. The van der Waals surface area contributed by atoms with Crippen LogP contribution in [0.3, 0.4) is 0 Å². The summed E-state index contributed by atoms with van der Waals surface area (Å²) < 4.78 is 0. The molecule has 1 N–H and O–H groups in total. The Labute approximate surface area is 97.1 Å². The molecule has 1 aliphatic rings. The first-order valence-electron chi connectivity index (χ1n) is 5.90. The third kappa shape index (κ3) is 2.19. The Morgan fingerprint density at radius 2 is 1.88 bits per heavy atom. The Bertz CT molecular complexity index is 429. The number of rotatable bonds is 2. The van der Waals surface area contributed by atoms with Crippen LogP contribution in [0.4, 0.5) is 0 Å². The molecule has 0 aromatic heterocycles. The number of hydrogen-bond donors (Lipinski definition) is 1. The van der Waals surface area contributed by atoms with Crippen LogP contribution in [-0.4, -0.2) is 5.11 Å². The fourth-order valence-corrected chi connectivity index (χ4v) is 2.00. The molecule has 0 saturated carbocycles. The topological polar surface area (TPSA) is 20.2 Å². The van der Waals surface area contributed by atoms with Crippen LogP contribution in [0.5, 0.6) is 5.75 Å². The van der Waals surface area contributed by atoms with Crippen molar-refractivity contribution in [3.8, 4) is 5.75 Å². The monoisotopic (exact) mass is 214 g/mol. The number of hydrogen-bond acceptors (Lipinski definition) is 1. The fourth-order valence-electron chi connectivity index (χ4n) is 2.00. The summed E-state index contributed by atoms with van der Waals surface area (Å²) >= 11 is 0. The highest BCUT2D eigenvalue weighted by molar-refractivity contribution is 5.69. The molecule has 1 heteroatoms. The molecular formula is C15H18O. The highest BCUT2D eigenvalue weighted by Gasteiger charge is 2.12. The third-order valence-electron chi connectivity index (χ3n) is 3.37. The molecule has 2 unspecified atom stereocenters. The Morgan fingerprint density at radius 3 is 2.56 bits per heavy atom. The number of phenolic OH excluding ortho intramolecular Hbond substituents is 1. The second kappa shape index (κ2) is 4.56. The van der Waals surface area contributed by atoms with E-state index in [4.69, 9.17) is 0 Å². The molecule has 2 atom stereocenters. The first kappa shape index (κ1) is 11.0. The summed E-state index contributed by atoms with van der Waals surface area (Å²) in [6.07, 6.45) is 9.95. The molecule has 0 fully saturated rings. The largest absolute Gasteiger partial charge is 0.508 e. The zero-order chi connectivity index (χ0) is 11.5. The lowest BCUT2D eigenvalue weighted by molar-refractivity contribution is 0.475. The lowest BCUT2D eigenvalue weighted by atomic mass is 9.91. The molecule has 0 amide bonds. The molecule has 0 aliphatic heterocycles. The van der Waals surface area contributed by atoms with E-state index < -0.39 is 0 Å². The summed E-state index contributed by atoms with van der Waals surface area (Å²) in [6, 6.07) is 5.51. The molecule has 1 aliphatic carbocycles. The summed E-state index contributed by atoms with van der Waals surface area (Å²) in [4.78, 5) is 0. The highest BCUT2D eigenvalue weighted by Crippen LogP contribution is 2.27. The Balaban J connectivity index is 2.33.